The topological polar surface area (TPSA) is 60.7 Å². The molecule has 1 aromatic rings. The van der Waals surface area contributed by atoms with Crippen molar-refractivity contribution >= 4 is 5.97 Å². The number of rotatable bonds is 7. The molecule has 0 saturated carbocycles. The van der Waals surface area contributed by atoms with Gasteiger partial charge in [0.05, 0.1) is 12.5 Å². The first-order valence-corrected chi connectivity index (χ1v) is 6.43. The number of esters is 1. The molecule has 2 N–H and O–H groups in total. The maximum atomic E-state index is 11.6. The van der Waals surface area contributed by atoms with Crippen LogP contribution in [0.2, 0.25) is 0 Å². The van der Waals surface area contributed by atoms with Crippen molar-refractivity contribution < 1.29 is 19.6 Å². The summed E-state index contributed by atoms with van der Waals surface area (Å²) in [5, 5.41) is 8.62. The van der Waals surface area contributed by atoms with Crippen molar-refractivity contribution in [2.75, 3.05) is 13.2 Å². The van der Waals surface area contributed by atoms with Gasteiger partial charge in [-0.25, -0.2) is 4.98 Å². The standard InChI is InChI=1S/C14H21NO3/c1-3-12(13-6-4-5-7-15-13)10-11(2)14(17)18-9-8-16/h4-7,11-12,16H,3,8-10H2,1-2H3/p+1. The van der Waals surface area contributed by atoms with Gasteiger partial charge < -0.3 is 9.84 Å². The number of hydrogen-bond acceptors (Lipinski definition) is 3. The second kappa shape index (κ2) is 7.82. The largest absolute Gasteiger partial charge is 0.463 e. The van der Waals surface area contributed by atoms with Gasteiger partial charge in [0.2, 0.25) is 0 Å². The Balaban J connectivity index is 2.55. The molecule has 0 aliphatic carbocycles. The second-order valence-corrected chi connectivity index (χ2v) is 4.45. The monoisotopic (exact) mass is 252 g/mol. The number of pyridine rings is 1. The average molecular weight is 252 g/mol. The fourth-order valence-corrected chi connectivity index (χ4v) is 1.99. The zero-order chi connectivity index (χ0) is 13.4. The molecule has 2 atom stereocenters. The van der Waals surface area contributed by atoms with E-state index in [0.717, 1.165) is 18.5 Å². The first-order valence-electron chi connectivity index (χ1n) is 6.43. The van der Waals surface area contributed by atoms with Crippen LogP contribution in [-0.4, -0.2) is 24.3 Å². The third-order valence-electron chi connectivity index (χ3n) is 3.04. The Morgan fingerprint density at radius 1 is 1.50 bits per heavy atom. The van der Waals surface area contributed by atoms with Gasteiger partial charge in [-0.05, 0) is 12.8 Å². The third-order valence-corrected chi connectivity index (χ3v) is 3.04. The highest BCUT2D eigenvalue weighted by Gasteiger charge is 2.23. The summed E-state index contributed by atoms with van der Waals surface area (Å²) in [5.41, 5.74) is 1.14. The second-order valence-electron chi connectivity index (χ2n) is 4.45. The number of nitrogens with one attached hydrogen (secondary N) is 1. The zero-order valence-electron chi connectivity index (χ0n) is 11.1. The fourth-order valence-electron chi connectivity index (χ4n) is 1.99. The lowest BCUT2D eigenvalue weighted by molar-refractivity contribution is -0.393. The molecular formula is C14H22NO3+. The molecule has 0 fully saturated rings. The highest BCUT2D eigenvalue weighted by atomic mass is 16.5. The van der Waals surface area contributed by atoms with E-state index < -0.39 is 0 Å². The molecule has 0 amide bonds. The summed E-state index contributed by atoms with van der Waals surface area (Å²) in [7, 11) is 0. The Bertz CT molecular complexity index is 353. The van der Waals surface area contributed by atoms with Crippen LogP contribution in [0.25, 0.3) is 0 Å². The van der Waals surface area contributed by atoms with E-state index in [9.17, 15) is 4.79 Å². The highest BCUT2D eigenvalue weighted by Crippen LogP contribution is 2.24. The van der Waals surface area contributed by atoms with Crippen molar-refractivity contribution in [1.82, 2.24) is 0 Å². The fraction of sp³-hybridized carbons (Fsp3) is 0.571. The number of aromatic nitrogens is 1. The van der Waals surface area contributed by atoms with E-state index in [-0.39, 0.29) is 25.1 Å². The van der Waals surface area contributed by atoms with Crippen molar-refractivity contribution in [2.45, 2.75) is 32.6 Å². The van der Waals surface area contributed by atoms with Gasteiger partial charge in [-0.2, -0.15) is 0 Å². The van der Waals surface area contributed by atoms with Crippen LogP contribution in [0.3, 0.4) is 0 Å². The molecule has 1 rings (SSSR count). The number of carbonyl (C=O) groups is 1. The lowest BCUT2D eigenvalue weighted by Gasteiger charge is -2.15. The molecule has 0 aliphatic rings. The van der Waals surface area contributed by atoms with E-state index in [1.807, 2.05) is 31.3 Å². The average Bonchev–Trinajstić information content (AvgIpc) is 2.42. The molecule has 100 valence electrons. The van der Waals surface area contributed by atoms with Crippen LogP contribution in [0.4, 0.5) is 0 Å². The van der Waals surface area contributed by atoms with Gasteiger partial charge in [0, 0.05) is 18.1 Å². The van der Waals surface area contributed by atoms with Crippen molar-refractivity contribution in [3.05, 3.63) is 30.1 Å². The molecule has 0 spiro atoms. The van der Waals surface area contributed by atoms with Crippen LogP contribution in [0.15, 0.2) is 24.4 Å². The van der Waals surface area contributed by atoms with E-state index >= 15 is 0 Å². The summed E-state index contributed by atoms with van der Waals surface area (Å²) in [6.45, 7) is 3.93. The number of aliphatic hydroxyl groups excluding tert-OH is 1. The maximum Gasteiger partial charge on any atom is 0.308 e. The first-order chi connectivity index (χ1) is 8.69. The van der Waals surface area contributed by atoms with E-state index in [0.29, 0.717) is 5.92 Å². The van der Waals surface area contributed by atoms with Crippen LogP contribution in [0.1, 0.15) is 38.3 Å². The third kappa shape index (κ3) is 4.45. The van der Waals surface area contributed by atoms with Gasteiger partial charge >= 0.3 is 5.97 Å². The maximum absolute atomic E-state index is 11.6. The number of aromatic amines is 1. The van der Waals surface area contributed by atoms with E-state index in [2.05, 4.69) is 11.9 Å². The van der Waals surface area contributed by atoms with Crippen LogP contribution in [0.5, 0.6) is 0 Å². The van der Waals surface area contributed by atoms with E-state index in [1.54, 1.807) is 0 Å². The predicted molar refractivity (Wildman–Crippen MR) is 67.9 cm³/mol. The van der Waals surface area contributed by atoms with Crippen molar-refractivity contribution in [3.63, 3.8) is 0 Å². The van der Waals surface area contributed by atoms with Crippen molar-refractivity contribution in [3.8, 4) is 0 Å². The minimum absolute atomic E-state index is 0.0808. The highest BCUT2D eigenvalue weighted by molar-refractivity contribution is 5.72. The van der Waals surface area contributed by atoms with Crippen LogP contribution in [-0.2, 0) is 9.53 Å². The molecule has 0 aliphatic heterocycles. The molecule has 18 heavy (non-hydrogen) atoms. The molecule has 1 aromatic heterocycles. The Morgan fingerprint density at radius 3 is 2.83 bits per heavy atom. The quantitative estimate of drug-likeness (QED) is 0.749. The molecule has 1 heterocycles. The van der Waals surface area contributed by atoms with Crippen LogP contribution < -0.4 is 4.98 Å². The number of aliphatic hydroxyl groups is 1. The summed E-state index contributed by atoms with van der Waals surface area (Å²) in [6, 6.07) is 5.97. The van der Waals surface area contributed by atoms with Gasteiger partial charge in [0.25, 0.3) is 0 Å². The SMILES string of the molecule is CCC(CC(C)C(=O)OCCO)c1cccc[nH+]1. The van der Waals surface area contributed by atoms with Crippen LogP contribution in [0, 0.1) is 5.92 Å². The van der Waals surface area contributed by atoms with E-state index in [4.69, 9.17) is 9.84 Å². The Morgan fingerprint density at radius 2 is 2.28 bits per heavy atom. The van der Waals surface area contributed by atoms with Gasteiger partial charge in [-0.15, -0.1) is 0 Å². The summed E-state index contributed by atoms with van der Waals surface area (Å²) in [6.07, 6.45) is 3.62. The predicted octanol–water partition coefficient (Wildman–Crippen LogP) is 1.56. The smallest absolute Gasteiger partial charge is 0.308 e. The number of carbonyl (C=O) groups excluding carboxylic acids is 1. The Kier molecular flexibility index (Phi) is 6.36. The molecule has 0 aromatic carbocycles. The van der Waals surface area contributed by atoms with E-state index in [1.165, 1.54) is 0 Å². The van der Waals surface area contributed by atoms with Gasteiger partial charge in [-0.3, -0.25) is 4.79 Å². The molecule has 0 radical (unpaired) electrons. The van der Waals surface area contributed by atoms with Crippen molar-refractivity contribution in [1.29, 1.82) is 0 Å². The van der Waals surface area contributed by atoms with Gasteiger partial charge in [0.15, 0.2) is 11.9 Å². The van der Waals surface area contributed by atoms with Gasteiger partial charge in [-0.1, -0.05) is 19.9 Å². The summed E-state index contributed by atoms with van der Waals surface area (Å²) >= 11 is 0. The number of H-pyrrole nitrogens is 1. The molecule has 4 nitrogen and oxygen atoms in total. The Labute approximate surface area is 108 Å². The number of ether oxygens (including phenoxy) is 1. The normalized spacial score (nSPS) is 13.9. The lowest BCUT2D eigenvalue weighted by atomic mass is 9.90. The molecular weight excluding hydrogens is 230 g/mol. The summed E-state index contributed by atoms with van der Waals surface area (Å²) < 4.78 is 4.94. The number of hydrogen-bond donors (Lipinski definition) is 1. The van der Waals surface area contributed by atoms with Crippen LogP contribution >= 0.6 is 0 Å². The summed E-state index contributed by atoms with van der Waals surface area (Å²) in [5.74, 6) is -0.0728. The van der Waals surface area contributed by atoms with Crippen molar-refractivity contribution in [2.24, 2.45) is 5.92 Å². The molecule has 4 heteroatoms. The molecule has 0 bridgehead atoms. The molecule has 2 unspecified atom stereocenters. The molecule has 0 saturated heterocycles. The van der Waals surface area contributed by atoms with Gasteiger partial charge in [0.1, 0.15) is 6.61 Å². The minimum atomic E-state index is -0.238. The lowest BCUT2D eigenvalue weighted by Crippen LogP contribution is -2.22. The Hall–Kier alpha value is -1.42. The zero-order valence-corrected chi connectivity index (χ0v) is 11.1. The first kappa shape index (κ1) is 14.6. The summed E-state index contributed by atoms with van der Waals surface area (Å²) in [4.78, 5) is 14.9. The minimum Gasteiger partial charge on any atom is -0.463 e.